The highest BCUT2D eigenvalue weighted by molar-refractivity contribution is 6.70. The molecule has 0 bridgehead atoms. The van der Waals surface area contributed by atoms with Gasteiger partial charge in [-0.1, -0.05) is 54.8 Å². The standard InChI is InChI=1S/C25H45N4O2Si2/c1-5-31-33(30-4)25(32-23-11-7-6-8-12-23)14-10-9-13-24(28-19-15-26(2)16-20-28)29-21-17-27(3)18-22-29/h6-8,11-12,24-25H,5,9-10,13-22H2,1-4H3. The van der Waals surface area contributed by atoms with Crippen molar-refractivity contribution in [3.63, 3.8) is 0 Å². The second kappa shape index (κ2) is 14.7. The Hall–Kier alpha value is -0.586. The quantitative estimate of drug-likeness (QED) is 0.311. The number of likely N-dealkylation sites (N-methyl/N-ethyl adjacent to an activating group) is 2. The average molecular weight is 490 g/mol. The first kappa shape index (κ1) is 27.0. The van der Waals surface area contributed by atoms with E-state index in [0.717, 1.165) is 16.1 Å². The second-order valence-corrected chi connectivity index (χ2v) is 13.6. The van der Waals surface area contributed by atoms with E-state index in [1.807, 2.05) is 7.11 Å². The lowest BCUT2D eigenvalue weighted by Gasteiger charge is -2.46. The first-order valence-electron chi connectivity index (χ1n) is 12.8. The van der Waals surface area contributed by atoms with Crippen LogP contribution < -0.4 is 5.19 Å². The van der Waals surface area contributed by atoms with E-state index >= 15 is 0 Å². The molecule has 0 spiro atoms. The van der Waals surface area contributed by atoms with E-state index in [9.17, 15) is 0 Å². The summed E-state index contributed by atoms with van der Waals surface area (Å²) in [4.78, 5) is 10.5. The summed E-state index contributed by atoms with van der Waals surface area (Å²) in [6.07, 6.45) is 5.62. The van der Waals surface area contributed by atoms with Crippen molar-refractivity contribution in [2.24, 2.45) is 0 Å². The third-order valence-electron chi connectivity index (χ3n) is 7.01. The molecule has 2 fully saturated rings. The Balaban J connectivity index is 1.55. The summed E-state index contributed by atoms with van der Waals surface area (Å²) >= 11 is 0. The van der Waals surface area contributed by atoms with Gasteiger partial charge < -0.3 is 18.7 Å². The predicted octanol–water partition coefficient (Wildman–Crippen LogP) is 1.90. The third kappa shape index (κ3) is 8.85. The molecular formula is C25H45N4O2Si2. The zero-order valence-electron chi connectivity index (χ0n) is 21.3. The van der Waals surface area contributed by atoms with Gasteiger partial charge in [-0.2, -0.15) is 0 Å². The third-order valence-corrected chi connectivity index (χ3v) is 11.3. The van der Waals surface area contributed by atoms with Crippen LogP contribution in [-0.2, 0) is 8.85 Å². The van der Waals surface area contributed by atoms with Crippen LogP contribution in [0.15, 0.2) is 30.3 Å². The van der Waals surface area contributed by atoms with Crippen molar-refractivity contribution >= 4 is 24.0 Å². The monoisotopic (exact) mass is 489 g/mol. The van der Waals surface area contributed by atoms with Crippen LogP contribution in [0.5, 0.6) is 0 Å². The van der Waals surface area contributed by atoms with Crippen molar-refractivity contribution in [3.05, 3.63) is 30.3 Å². The lowest BCUT2D eigenvalue weighted by molar-refractivity contribution is -0.0142. The summed E-state index contributed by atoms with van der Waals surface area (Å²) in [5.41, 5.74) is 0. The average Bonchev–Trinajstić information content (AvgIpc) is 2.84. The Morgan fingerprint density at radius 3 is 1.91 bits per heavy atom. The van der Waals surface area contributed by atoms with E-state index < -0.39 is 9.28 Å². The van der Waals surface area contributed by atoms with Crippen LogP contribution in [0.25, 0.3) is 0 Å². The summed E-state index contributed by atoms with van der Waals surface area (Å²) in [5, 5.41) is 1.95. The predicted molar refractivity (Wildman–Crippen MR) is 140 cm³/mol. The van der Waals surface area contributed by atoms with Gasteiger partial charge in [0.2, 0.25) is 0 Å². The highest BCUT2D eigenvalue weighted by atomic mass is 28.3. The number of piperazine rings is 2. The smallest absolute Gasteiger partial charge is 0.384 e. The molecule has 185 valence electrons. The SMILES string of the molecule is CCO[Si](OC)C(CCCCC(N1CCN(C)CC1)N1CCN(C)CC1)[Si]c1ccccc1. The van der Waals surface area contributed by atoms with Crippen LogP contribution >= 0.6 is 0 Å². The molecule has 0 N–H and O–H groups in total. The first-order chi connectivity index (χ1) is 16.1. The highest BCUT2D eigenvalue weighted by Gasteiger charge is 2.30. The molecule has 0 amide bonds. The van der Waals surface area contributed by atoms with E-state index in [-0.39, 0.29) is 0 Å². The molecule has 33 heavy (non-hydrogen) atoms. The molecular weight excluding hydrogens is 444 g/mol. The molecule has 2 aliphatic rings. The van der Waals surface area contributed by atoms with E-state index in [1.54, 1.807) is 0 Å². The zero-order valence-corrected chi connectivity index (χ0v) is 23.3. The molecule has 0 saturated carbocycles. The second-order valence-electron chi connectivity index (χ2n) is 9.46. The van der Waals surface area contributed by atoms with Crippen LogP contribution in [0, 0.1) is 0 Å². The maximum Gasteiger partial charge on any atom is 0.384 e. The molecule has 1 unspecified atom stereocenters. The molecule has 8 heteroatoms. The molecule has 3 rings (SSSR count). The lowest BCUT2D eigenvalue weighted by Crippen LogP contribution is -2.58. The minimum absolute atomic E-state index is 0.521. The van der Waals surface area contributed by atoms with Gasteiger partial charge in [0, 0.05) is 71.2 Å². The number of rotatable bonds is 13. The Kier molecular flexibility index (Phi) is 12.1. The first-order valence-corrected chi connectivity index (χ1v) is 15.3. The summed E-state index contributed by atoms with van der Waals surface area (Å²) in [5.74, 6) is 0. The Morgan fingerprint density at radius 2 is 1.39 bits per heavy atom. The number of benzene rings is 1. The van der Waals surface area contributed by atoms with Crippen molar-refractivity contribution in [2.75, 3.05) is 80.2 Å². The molecule has 0 aromatic heterocycles. The Bertz CT molecular complexity index is 619. The molecule has 1 aromatic carbocycles. The summed E-state index contributed by atoms with van der Waals surface area (Å²) in [7, 11) is 5.87. The van der Waals surface area contributed by atoms with Gasteiger partial charge in [0.05, 0.1) is 15.7 Å². The van der Waals surface area contributed by atoms with Crippen LogP contribution in [0.2, 0.25) is 5.16 Å². The fraction of sp³-hybridized carbons (Fsp3) is 0.760. The van der Waals surface area contributed by atoms with Crippen LogP contribution in [0.4, 0.5) is 0 Å². The number of hydrogen-bond acceptors (Lipinski definition) is 6. The largest absolute Gasteiger partial charge is 0.397 e. The topological polar surface area (TPSA) is 31.4 Å². The normalized spacial score (nSPS) is 20.7. The summed E-state index contributed by atoms with van der Waals surface area (Å²) in [6.45, 7) is 12.4. The van der Waals surface area contributed by atoms with Crippen LogP contribution in [-0.4, -0.2) is 125 Å². The number of unbranched alkanes of at least 4 members (excludes halogenated alkanes) is 1. The number of nitrogens with zero attached hydrogens (tertiary/aromatic N) is 4. The van der Waals surface area contributed by atoms with Crippen molar-refractivity contribution in [1.29, 1.82) is 0 Å². The molecule has 1 atom stereocenters. The highest BCUT2D eigenvalue weighted by Crippen LogP contribution is 2.23. The molecule has 0 aliphatic carbocycles. The van der Waals surface area contributed by atoms with Crippen molar-refractivity contribution in [2.45, 2.75) is 43.9 Å². The van der Waals surface area contributed by atoms with Gasteiger partial charge in [-0.25, -0.2) is 0 Å². The molecule has 1 aromatic rings. The Morgan fingerprint density at radius 1 is 0.848 bits per heavy atom. The van der Waals surface area contributed by atoms with Gasteiger partial charge in [-0.05, 0) is 27.4 Å². The minimum atomic E-state index is -1.24. The molecule has 2 saturated heterocycles. The molecule has 2 aliphatic heterocycles. The maximum atomic E-state index is 6.07. The van der Waals surface area contributed by atoms with E-state index in [0.29, 0.717) is 11.3 Å². The van der Waals surface area contributed by atoms with Gasteiger partial charge in [0.15, 0.2) is 0 Å². The van der Waals surface area contributed by atoms with Crippen LogP contribution in [0.1, 0.15) is 32.6 Å². The Labute approximate surface area is 206 Å². The van der Waals surface area contributed by atoms with Crippen LogP contribution in [0.3, 0.4) is 0 Å². The van der Waals surface area contributed by atoms with E-state index in [1.165, 1.54) is 83.2 Å². The lowest BCUT2D eigenvalue weighted by atomic mass is 10.1. The van der Waals surface area contributed by atoms with Crippen molar-refractivity contribution < 1.29 is 8.85 Å². The molecule has 3 radical (unpaired) electrons. The van der Waals surface area contributed by atoms with E-state index in [2.05, 4.69) is 71.0 Å². The zero-order chi connectivity index (χ0) is 23.5. The fourth-order valence-corrected chi connectivity index (χ4v) is 8.98. The molecule has 2 heterocycles. The van der Waals surface area contributed by atoms with Gasteiger partial charge in [0.1, 0.15) is 0 Å². The minimum Gasteiger partial charge on any atom is -0.397 e. The van der Waals surface area contributed by atoms with Gasteiger partial charge in [-0.15, -0.1) is 0 Å². The maximum absolute atomic E-state index is 6.07. The summed E-state index contributed by atoms with van der Waals surface area (Å²) in [6, 6.07) is 10.9. The van der Waals surface area contributed by atoms with Gasteiger partial charge >= 0.3 is 9.28 Å². The van der Waals surface area contributed by atoms with Crippen molar-refractivity contribution in [3.8, 4) is 0 Å². The molecule has 6 nitrogen and oxygen atoms in total. The van der Waals surface area contributed by atoms with E-state index in [4.69, 9.17) is 8.85 Å². The van der Waals surface area contributed by atoms with Crippen molar-refractivity contribution in [1.82, 2.24) is 19.6 Å². The fourth-order valence-electron chi connectivity index (χ4n) is 4.94. The number of hydrogen-bond donors (Lipinski definition) is 0. The van der Waals surface area contributed by atoms with Gasteiger partial charge in [-0.3, -0.25) is 9.80 Å². The summed E-state index contributed by atoms with van der Waals surface area (Å²) < 4.78 is 11.9. The van der Waals surface area contributed by atoms with Gasteiger partial charge in [0.25, 0.3) is 0 Å².